The van der Waals surface area contributed by atoms with Gasteiger partial charge in [0.25, 0.3) is 0 Å². The largest absolute Gasteiger partial charge is 0.376 e. The molecule has 1 fully saturated rings. The molecule has 0 bridgehead atoms. The molecule has 8 heteroatoms. The lowest BCUT2D eigenvalue weighted by Crippen LogP contribution is -2.20. The van der Waals surface area contributed by atoms with Gasteiger partial charge in [-0.3, -0.25) is 4.98 Å². The van der Waals surface area contributed by atoms with Crippen LogP contribution < -0.4 is 16.1 Å². The van der Waals surface area contributed by atoms with Gasteiger partial charge in [0, 0.05) is 44.4 Å². The number of nitrogens with one attached hydrogen (secondary N) is 2. The van der Waals surface area contributed by atoms with Crippen molar-refractivity contribution < 1.29 is 4.74 Å². The van der Waals surface area contributed by atoms with Crippen molar-refractivity contribution in [1.82, 2.24) is 19.6 Å². The molecule has 1 atom stereocenters. The Labute approximate surface area is 147 Å². The lowest BCUT2D eigenvalue weighted by molar-refractivity contribution is 0.120. The van der Waals surface area contributed by atoms with Crippen LogP contribution in [-0.4, -0.2) is 46.7 Å². The minimum absolute atomic E-state index is 0.243. The number of aromatic nitrogens is 4. The van der Waals surface area contributed by atoms with E-state index in [1.54, 1.807) is 16.9 Å². The zero-order chi connectivity index (χ0) is 17.1. The maximum absolute atomic E-state index is 6.00. The van der Waals surface area contributed by atoms with Gasteiger partial charge in [0.15, 0.2) is 5.65 Å². The van der Waals surface area contributed by atoms with Gasteiger partial charge < -0.3 is 15.4 Å². The van der Waals surface area contributed by atoms with E-state index < -0.39 is 0 Å². The van der Waals surface area contributed by atoms with E-state index in [0.717, 1.165) is 43.2 Å². The summed E-state index contributed by atoms with van der Waals surface area (Å²) in [6.45, 7) is 2.21. The first kappa shape index (κ1) is 15.9. The number of fused-ring (bicyclic) bond motifs is 1. The SMILES string of the molecule is [B]c1cnn2c(NCc3cccnc3)cc(NCC3CCCO3)nc12. The van der Waals surface area contributed by atoms with E-state index in [0.29, 0.717) is 17.7 Å². The van der Waals surface area contributed by atoms with E-state index in [4.69, 9.17) is 12.6 Å². The molecular formula is C17H19BN6O. The van der Waals surface area contributed by atoms with E-state index in [2.05, 4.69) is 25.7 Å². The average molecular weight is 334 g/mol. The zero-order valence-corrected chi connectivity index (χ0v) is 13.9. The monoisotopic (exact) mass is 334 g/mol. The molecule has 7 nitrogen and oxygen atoms in total. The fraction of sp³-hybridized carbons (Fsp3) is 0.353. The van der Waals surface area contributed by atoms with Gasteiger partial charge in [0.05, 0.1) is 6.10 Å². The van der Waals surface area contributed by atoms with E-state index in [1.165, 1.54) is 0 Å². The molecule has 0 spiro atoms. The Morgan fingerprint density at radius 3 is 3.08 bits per heavy atom. The van der Waals surface area contributed by atoms with Crippen molar-refractivity contribution in [2.24, 2.45) is 0 Å². The maximum Gasteiger partial charge on any atom is 0.152 e. The van der Waals surface area contributed by atoms with Gasteiger partial charge in [-0.15, -0.1) is 0 Å². The van der Waals surface area contributed by atoms with Crippen molar-refractivity contribution in [1.29, 1.82) is 0 Å². The van der Waals surface area contributed by atoms with Crippen LogP contribution in [0.25, 0.3) is 5.65 Å². The number of nitrogens with zero attached hydrogens (tertiary/aromatic N) is 4. The topological polar surface area (TPSA) is 76.4 Å². The quantitative estimate of drug-likeness (QED) is 0.658. The van der Waals surface area contributed by atoms with Crippen LogP contribution in [-0.2, 0) is 11.3 Å². The standard InChI is InChI=1S/C17H19BN6O/c18-14-11-22-24-16(21-9-12-3-1-5-19-8-12)7-15(23-17(14)24)20-10-13-4-2-6-25-13/h1,3,5,7-8,11,13,21H,2,4,6,9-10H2,(H,20,23). The second kappa shape index (κ2) is 7.10. The molecule has 0 saturated carbocycles. The highest BCUT2D eigenvalue weighted by molar-refractivity contribution is 6.36. The number of hydrogen-bond acceptors (Lipinski definition) is 6. The molecule has 4 heterocycles. The molecule has 3 aromatic rings. The summed E-state index contributed by atoms with van der Waals surface area (Å²) in [6.07, 6.45) is 7.64. The van der Waals surface area contributed by atoms with Gasteiger partial charge in [-0.05, 0) is 29.9 Å². The van der Waals surface area contributed by atoms with Crippen LogP contribution in [0.15, 0.2) is 36.8 Å². The third kappa shape index (κ3) is 3.58. The highest BCUT2D eigenvalue weighted by Crippen LogP contribution is 2.17. The highest BCUT2D eigenvalue weighted by atomic mass is 16.5. The summed E-state index contributed by atoms with van der Waals surface area (Å²) in [5.41, 5.74) is 2.26. The second-order valence-corrected chi connectivity index (χ2v) is 6.09. The maximum atomic E-state index is 6.00. The van der Waals surface area contributed by atoms with Crippen molar-refractivity contribution in [3.05, 3.63) is 42.4 Å². The molecule has 1 aliphatic rings. The fourth-order valence-corrected chi connectivity index (χ4v) is 2.92. The van der Waals surface area contributed by atoms with Crippen molar-refractivity contribution in [2.45, 2.75) is 25.5 Å². The summed E-state index contributed by atoms with van der Waals surface area (Å²) >= 11 is 0. The first-order chi connectivity index (χ1) is 12.3. The summed E-state index contributed by atoms with van der Waals surface area (Å²) in [6, 6.07) is 5.87. The molecule has 1 unspecified atom stereocenters. The van der Waals surface area contributed by atoms with E-state index >= 15 is 0 Å². The molecule has 3 aromatic heterocycles. The van der Waals surface area contributed by atoms with Crippen LogP contribution in [0.3, 0.4) is 0 Å². The van der Waals surface area contributed by atoms with E-state index in [9.17, 15) is 0 Å². The normalized spacial score (nSPS) is 17.0. The Balaban J connectivity index is 1.55. The average Bonchev–Trinajstić information content (AvgIpc) is 3.29. The van der Waals surface area contributed by atoms with Gasteiger partial charge in [-0.1, -0.05) is 6.07 Å². The van der Waals surface area contributed by atoms with Crippen molar-refractivity contribution in [3.8, 4) is 0 Å². The van der Waals surface area contributed by atoms with E-state index in [-0.39, 0.29) is 6.10 Å². The minimum Gasteiger partial charge on any atom is -0.376 e. The molecule has 1 saturated heterocycles. The van der Waals surface area contributed by atoms with Crippen LogP contribution >= 0.6 is 0 Å². The Kier molecular flexibility index (Phi) is 4.52. The summed E-state index contributed by atoms with van der Waals surface area (Å²) in [5.74, 6) is 1.57. The lowest BCUT2D eigenvalue weighted by atomic mass is 10.0. The second-order valence-electron chi connectivity index (χ2n) is 6.09. The van der Waals surface area contributed by atoms with Crippen molar-refractivity contribution in [2.75, 3.05) is 23.8 Å². The predicted octanol–water partition coefficient (Wildman–Crippen LogP) is 1.12. The van der Waals surface area contributed by atoms with Crippen LogP contribution in [0, 0.1) is 0 Å². The molecular weight excluding hydrogens is 315 g/mol. The van der Waals surface area contributed by atoms with Gasteiger partial charge in [0.2, 0.25) is 0 Å². The third-order valence-electron chi connectivity index (χ3n) is 4.23. The number of pyridine rings is 1. The molecule has 0 aliphatic carbocycles. The molecule has 1 aliphatic heterocycles. The predicted molar refractivity (Wildman–Crippen MR) is 97.4 cm³/mol. The molecule has 0 aromatic carbocycles. The molecule has 25 heavy (non-hydrogen) atoms. The summed E-state index contributed by atoms with van der Waals surface area (Å²) in [7, 11) is 6.00. The number of hydrogen-bond donors (Lipinski definition) is 2. The van der Waals surface area contributed by atoms with Gasteiger partial charge in [-0.2, -0.15) is 9.61 Å². The minimum atomic E-state index is 0.243. The van der Waals surface area contributed by atoms with Gasteiger partial charge in [-0.25, -0.2) is 4.98 Å². The van der Waals surface area contributed by atoms with Gasteiger partial charge in [0.1, 0.15) is 19.5 Å². The Hall–Kier alpha value is -2.61. The summed E-state index contributed by atoms with van der Waals surface area (Å²) in [4.78, 5) is 8.70. The Morgan fingerprint density at radius 1 is 1.32 bits per heavy atom. The number of ether oxygens (including phenoxy) is 1. The van der Waals surface area contributed by atoms with Crippen LogP contribution in [0.2, 0.25) is 0 Å². The van der Waals surface area contributed by atoms with Crippen molar-refractivity contribution >= 4 is 30.6 Å². The lowest BCUT2D eigenvalue weighted by Gasteiger charge is -2.14. The number of anilines is 2. The van der Waals surface area contributed by atoms with Gasteiger partial charge >= 0.3 is 0 Å². The highest BCUT2D eigenvalue weighted by Gasteiger charge is 2.16. The zero-order valence-electron chi connectivity index (χ0n) is 13.9. The summed E-state index contributed by atoms with van der Waals surface area (Å²) in [5, 5.41) is 11.0. The Morgan fingerprint density at radius 2 is 2.28 bits per heavy atom. The Bertz CT molecular complexity index is 847. The number of rotatable bonds is 6. The molecule has 2 N–H and O–H groups in total. The fourth-order valence-electron chi connectivity index (χ4n) is 2.92. The first-order valence-corrected chi connectivity index (χ1v) is 8.42. The smallest absolute Gasteiger partial charge is 0.152 e. The molecule has 2 radical (unpaired) electrons. The first-order valence-electron chi connectivity index (χ1n) is 8.42. The van der Waals surface area contributed by atoms with E-state index in [1.807, 2.05) is 24.4 Å². The molecule has 0 amide bonds. The molecule has 4 rings (SSSR count). The van der Waals surface area contributed by atoms with Crippen molar-refractivity contribution in [3.63, 3.8) is 0 Å². The van der Waals surface area contributed by atoms with Crippen LogP contribution in [0.4, 0.5) is 11.6 Å². The van der Waals surface area contributed by atoms with Crippen LogP contribution in [0.5, 0.6) is 0 Å². The van der Waals surface area contributed by atoms with Crippen LogP contribution in [0.1, 0.15) is 18.4 Å². The molecule has 126 valence electrons. The summed E-state index contributed by atoms with van der Waals surface area (Å²) < 4.78 is 7.36. The third-order valence-corrected chi connectivity index (χ3v) is 4.23.